The van der Waals surface area contributed by atoms with Gasteiger partial charge in [0.15, 0.2) is 10.6 Å². The van der Waals surface area contributed by atoms with Crippen molar-refractivity contribution in [1.29, 1.82) is 0 Å². The van der Waals surface area contributed by atoms with E-state index in [-0.39, 0.29) is 33.3 Å². The maximum Gasteiger partial charge on any atom is 0.421 e. The van der Waals surface area contributed by atoms with Crippen molar-refractivity contribution in [3.05, 3.63) is 54.4 Å². The van der Waals surface area contributed by atoms with Crippen LogP contribution in [0.2, 0.25) is 0 Å². The minimum absolute atomic E-state index is 0.0932. The average molecular weight is 482 g/mol. The van der Waals surface area contributed by atoms with Crippen LogP contribution in [0, 0.1) is 0 Å². The second-order valence-electron chi connectivity index (χ2n) is 7.77. The highest BCUT2D eigenvalue weighted by molar-refractivity contribution is 7.91. The van der Waals surface area contributed by atoms with Crippen molar-refractivity contribution < 1.29 is 26.7 Å². The molecular formula is C21H22F3N5O3S. The fourth-order valence-corrected chi connectivity index (χ4v) is 4.00. The lowest BCUT2D eigenvalue weighted by atomic mass is 9.96. The van der Waals surface area contributed by atoms with Crippen molar-refractivity contribution in [3.8, 4) is 11.3 Å². The topological polar surface area (TPSA) is 131 Å². The molecule has 12 heteroatoms. The Kier molecular flexibility index (Phi) is 6.35. The van der Waals surface area contributed by atoms with Crippen molar-refractivity contribution >= 4 is 21.5 Å². The Bertz CT molecular complexity index is 1240. The normalized spacial score (nSPS) is 14.2. The second kappa shape index (κ2) is 8.60. The minimum atomic E-state index is -4.88. The van der Waals surface area contributed by atoms with E-state index >= 15 is 0 Å². The van der Waals surface area contributed by atoms with Crippen LogP contribution in [0.15, 0.2) is 58.7 Å². The number of rotatable bonds is 6. The Morgan fingerprint density at radius 3 is 2.24 bits per heavy atom. The molecule has 8 nitrogen and oxygen atoms in total. The molecule has 3 aromatic heterocycles. The first-order valence-corrected chi connectivity index (χ1v) is 11.2. The molecule has 0 radical (unpaired) electrons. The van der Waals surface area contributed by atoms with Gasteiger partial charge in [0.2, 0.25) is 9.84 Å². The quantitative estimate of drug-likeness (QED) is 0.487. The number of pyridine rings is 3. The van der Waals surface area contributed by atoms with E-state index in [1.165, 1.54) is 30.3 Å². The first kappa shape index (κ1) is 24.4. The summed E-state index contributed by atoms with van der Waals surface area (Å²) in [4.78, 5) is 12.0. The molecule has 0 aliphatic carbocycles. The molecule has 3 rings (SSSR count). The third-order valence-corrected chi connectivity index (χ3v) is 6.43. The van der Waals surface area contributed by atoms with Crippen molar-refractivity contribution in [2.45, 2.75) is 48.5 Å². The molecule has 0 aliphatic heterocycles. The monoisotopic (exact) mass is 481 g/mol. The summed E-state index contributed by atoms with van der Waals surface area (Å²) in [5.74, 6) is 0.343. The largest absolute Gasteiger partial charge is 0.421 e. The van der Waals surface area contributed by atoms with E-state index in [9.17, 15) is 26.7 Å². The van der Waals surface area contributed by atoms with Gasteiger partial charge in [0, 0.05) is 29.6 Å². The Morgan fingerprint density at radius 1 is 1.03 bits per heavy atom. The number of aliphatic hydroxyl groups is 1. The molecule has 3 heterocycles. The first-order chi connectivity index (χ1) is 15.2. The molecule has 176 valence electrons. The lowest BCUT2D eigenvalue weighted by Gasteiger charge is -2.26. The summed E-state index contributed by atoms with van der Waals surface area (Å²) >= 11 is 0. The smallest absolute Gasteiger partial charge is 0.384 e. The van der Waals surface area contributed by atoms with E-state index in [2.05, 4.69) is 20.3 Å². The Balaban J connectivity index is 2.06. The van der Waals surface area contributed by atoms with Crippen molar-refractivity contribution in [3.63, 3.8) is 0 Å². The van der Waals surface area contributed by atoms with Crippen LogP contribution in [0.4, 0.5) is 24.8 Å². The van der Waals surface area contributed by atoms with Crippen molar-refractivity contribution in [2.24, 2.45) is 0 Å². The highest BCUT2D eigenvalue weighted by atomic mass is 32.2. The van der Waals surface area contributed by atoms with Gasteiger partial charge >= 0.3 is 6.18 Å². The van der Waals surface area contributed by atoms with E-state index in [1.54, 1.807) is 0 Å². The van der Waals surface area contributed by atoms with Gasteiger partial charge in [0.25, 0.3) is 0 Å². The van der Waals surface area contributed by atoms with Gasteiger partial charge in [-0.15, -0.1) is 0 Å². The van der Waals surface area contributed by atoms with Gasteiger partial charge in [0.1, 0.15) is 11.6 Å². The lowest BCUT2D eigenvalue weighted by Crippen LogP contribution is -2.39. The molecule has 1 unspecified atom stereocenters. The standard InChI is InChI=1S/C21H22F3N5O3S/c1-12(2)28-19-15(16-7-4-13(10-26-16)20(3,30)21(22,23)24)6-9-18(29-19)33(31,32)14-5-8-17(25)27-11-14/h4-12,30H,1-3H3,(H2,25,27)(H,28,29). The number of nitrogens with one attached hydrogen (secondary N) is 1. The predicted molar refractivity (Wildman–Crippen MR) is 116 cm³/mol. The fraction of sp³-hybridized carbons (Fsp3) is 0.286. The van der Waals surface area contributed by atoms with Crippen molar-refractivity contribution in [2.75, 3.05) is 11.1 Å². The van der Waals surface area contributed by atoms with Crippen LogP contribution in [0.3, 0.4) is 0 Å². The number of nitrogen functional groups attached to an aromatic ring is 1. The van der Waals surface area contributed by atoms with E-state index in [0.29, 0.717) is 12.5 Å². The Hall–Kier alpha value is -3.25. The molecule has 33 heavy (non-hydrogen) atoms. The van der Waals surface area contributed by atoms with Crippen LogP contribution in [0.25, 0.3) is 11.3 Å². The van der Waals surface area contributed by atoms with Gasteiger partial charge in [-0.05, 0) is 51.1 Å². The second-order valence-corrected chi connectivity index (χ2v) is 9.67. The molecule has 0 aromatic carbocycles. The average Bonchev–Trinajstić information content (AvgIpc) is 2.73. The number of alkyl halides is 3. The molecule has 0 saturated heterocycles. The van der Waals surface area contributed by atoms with Crippen LogP contribution in [-0.2, 0) is 15.4 Å². The zero-order chi connectivity index (χ0) is 24.6. The van der Waals surface area contributed by atoms with Crippen LogP contribution in [0.5, 0.6) is 0 Å². The number of halogens is 3. The van der Waals surface area contributed by atoms with Crippen molar-refractivity contribution in [1.82, 2.24) is 15.0 Å². The van der Waals surface area contributed by atoms with Gasteiger partial charge in [-0.25, -0.2) is 18.4 Å². The Morgan fingerprint density at radius 2 is 1.73 bits per heavy atom. The molecule has 0 amide bonds. The van der Waals surface area contributed by atoms with E-state index < -0.39 is 27.2 Å². The molecule has 1 atom stereocenters. The minimum Gasteiger partial charge on any atom is -0.384 e. The lowest BCUT2D eigenvalue weighted by molar-refractivity contribution is -0.259. The molecule has 0 saturated carbocycles. The number of aromatic nitrogens is 3. The highest BCUT2D eigenvalue weighted by Crippen LogP contribution is 2.39. The Labute approximate surface area is 188 Å². The maximum absolute atomic E-state index is 13.1. The highest BCUT2D eigenvalue weighted by Gasteiger charge is 2.51. The summed E-state index contributed by atoms with van der Waals surface area (Å²) < 4.78 is 65.2. The molecule has 4 N–H and O–H groups in total. The van der Waals surface area contributed by atoms with E-state index in [4.69, 9.17) is 5.73 Å². The molecule has 0 fully saturated rings. The SMILES string of the molecule is CC(C)Nc1nc(S(=O)(=O)c2ccc(N)nc2)ccc1-c1ccc(C(C)(O)C(F)(F)F)cn1. The molecule has 0 spiro atoms. The molecular weight excluding hydrogens is 459 g/mol. The number of sulfone groups is 1. The van der Waals surface area contributed by atoms with Crippen LogP contribution in [-0.4, -0.2) is 40.7 Å². The fourth-order valence-electron chi connectivity index (χ4n) is 2.86. The van der Waals surface area contributed by atoms with E-state index in [1.807, 2.05) is 13.8 Å². The summed E-state index contributed by atoms with van der Waals surface area (Å²) in [7, 11) is -4.00. The number of nitrogens with two attached hydrogens (primary N) is 1. The van der Waals surface area contributed by atoms with Gasteiger partial charge in [-0.3, -0.25) is 4.98 Å². The molecule has 3 aromatic rings. The zero-order valence-corrected chi connectivity index (χ0v) is 18.7. The van der Waals surface area contributed by atoms with Crippen LogP contribution >= 0.6 is 0 Å². The number of anilines is 2. The summed E-state index contributed by atoms with van der Waals surface area (Å²) in [5, 5.41) is 12.6. The van der Waals surface area contributed by atoms with Gasteiger partial charge in [-0.2, -0.15) is 13.2 Å². The zero-order valence-electron chi connectivity index (χ0n) is 17.9. The number of hydrogen-bond donors (Lipinski definition) is 3. The third-order valence-electron chi connectivity index (χ3n) is 4.79. The number of nitrogens with zero attached hydrogens (tertiary/aromatic N) is 3. The first-order valence-electron chi connectivity index (χ1n) is 9.73. The maximum atomic E-state index is 13.1. The van der Waals surface area contributed by atoms with E-state index in [0.717, 1.165) is 18.5 Å². The number of hydrogen-bond acceptors (Lipinski definition) is 8. The third kappa shape index (κ3) is 4.91. The summed E-state index contributed by atoms with van der Waals surface area (Å²) in [6.07, 6.45) is -2.83. The summed E-state index contributed by atoms with van der Waals surface area (Å²) in [6.45, 7) is 4.27. The predicted octanol–water partition coefficient (Wildman–Crippen LogP) is 3.54. The summed E-state index contributed by atoms with van der Waals surface area (Å²) in [5.41, 5.74) is 2.63. The van der Waals surface area contributed by atoms with Gasteiger partial charge < -0.3 is 16.2 Å². The molecule has 0 bridgehead atoms. The molecule has 0 aliphatic rings. The van der Waals surface area contributed by atoms with Crippen LogP contribution < -0.4 is 11.1 Å². The summed E-state index contributed by atoms with van der Waals surface area (Å²) in [6, 6.07) is 7.67. The van der Waals surface area contributed by atoms with Gasteiger partial charge in [-0.1, -0.05) is 6.07 Å². The van der Waals surface area contributed by atoms with Crippen LogP contribution in [0.1, 0.15) is 26.3 Å². The van der Waals surface area contributed by atoms with Gasteiger partial charge in [0.05, 0.1) is 10.6 Å².